The Morgan fingerprint density at radius 3 is 1.96 bits per heavy atom. The molecule has 4 atom stereocenters. The van der Waals surface area contributed by atoms with Crippen molar-refractivity contribution in [2.45, 2.75) is 97.2 Å². The van der Waals surface area contributed by atoms with E-state index in [0.717, 1.165) is 11.1 Å². The maximum atomic E-state index is 13.8. The molecule has 2 aromatic rings. The summed E-state index contributed by atoms with van der Waals surface area (Å²) < 4.78 is 10.6. The van der Waals surface area contributed by atoms with Crippen LogP contribution < -0.4 is 21.3 Å². The Morgan fingerprint density at radius 2 is 1.40 bits per heavy atom. The zero-order valence-corrected chi connectivity index (χ0v) is 29.4. The molecule has 1 saturated heterocycles. The highest BCUT2D eigenvalue weighted by Gasteiger charge is 2.40. The summed E-state index contributed by atoms with van der Waals surface area (Å²) in [6.07, 6.45) is 1.49. The molecule has 0 aromatic heterocycles. The number of aldehydes is 1. The number of rotatable bonds is 18. The van der Waals surface area contributed by atoms with Crippen molar-refractivity contribution in [1.82, 2.24) is 26.2 Å². The highest BCUT2D eigenvalue weighted by molar-refractivity contribution is 5.94. The molecule has 3 rings (SSSR count). The van der Waals surface area contributed by atoms with E-state index >= 15 is 0 Å². The smallest absolute Gasteiger partial charge is 0.408 e. The van der Waals surface area contributed by atoms with Crippen LogP contribution in [0.1, 0.15) is 70.9 Å². The zero-order chi connectivity index (χ0) is 36.5. The Kier molecular flexibility index (Phi) is 16.2. The molecule has 1 heterocycles. The quantitative estimate of drug-likeness (QED) is 0.135. The number of hydrogen-bond acceptors (Lipinski definition) is 8. The fourth-order valence-corrected chi connectivity index (χ4v) is 5.48. The van der Waals surface area contributed by atoms with E-state index in [1.54, 1.807) is 13.8 Å². The van der Waals surface area contributed by atoms with E-state index in [4.69, 9.17) is 9.47 Å². The van der Waals surface area contributed by atoms with Gasteiger partial charge < -0.3 is 40.4 Å². The first-order chi connectivity index (χ1) is 24.0. The molecule has 0 radical (unpaired) electrons. The average molecular weight is 694 g/mol. The van der Waals surface area contributed by atoms with E-state index < -0.39 is 54.1 Å². The molecule has 4 N–H and O–H groups in total. The third-order valence-corrected chi connectivity index (χ3v) is 8.47. The van der Waals surface area contributed by atoms with E-state index in [2.05, 4.69) is 21.3 Å². The van der Waals surface area contributed by atoms with Crippen molar-refractivity contribution in [1.29, 1.82) is 0 Å². The van der Waals surface area contributed by atoms with Crippen LogP contribution in [0.15, 0.2) is 60.7 Å². The van der Waals surface area contributed by atoms with Crippen LogP contribution in [0.5, 0.6) is 0 Å². The summed E-state index contributed by atoms with van der Waals surface area (Å²) >= 11 is 0. The average Bonchev–Trinajstić information content (AvgIpc) is 3.61. The van der Waals surface area contributed by atoms with Gasteiger partial charge in [-0.3, -0.25) is 14.4 Å². The number of carbonyl (C=O) groups excluding carboxylic acids is 6. The third-order valence-electron chi connectivity index (χ3n) is 8.47. The van der Waals surface area contributed by atoms with Gasteiger partial charge in [-0.2, -0.15) is 0 Å². The number of unbranched alkanes of at least 4 members (excludes halogenated alkanes) is 1. The minimum absolute atomic E-state index is 0.00329. The molecule has 1 aliphatic heterocycles. The monoisotopic (exact) mass is 693 g/mol. The largest absolute Gasteiger partial charge is 0.445 e. The lowest BCUT2D eigenvalue weighted by Crippen LogP contribution is -2.58. The predicted molar refractivity (Wildman–Crippen MR) is 186 cm³/mol. The van der Waals surface area contributed by atoms with Gasteiger partial charge in [-0.25, -0.2) is 9.59 Å². The van der Waals surface area contributed by atoms with Gasteiger partial charge in [0.05, 0.1) is 6.04 Å². The number of ether oxygens (including phenoxy) is 2. The first kappa shape index (κ1) is 39.5. The Morgan fingerprint density at radius 1 is 0.800 bits per heavy atom. The molecule has 50 heavy (non-hydrogen) atoms. The van der Waals surface area contributed by atoms with Crippen LogP contribution >= 0.6 is 0 Å². The summed E-state index contributed by atoms with van der Waals surface area (Å²) in [5.74, 6) is -1.86. The first-order valence-electron chi connectivity index (χ1n) is 17.3. The molecule has 0 saturated carbocycles. The van der Waals surface area contributed by atoms with Crippen molar-refractivity contribution in [2.24, 2.45) is 11.8 Å². The van der Waals surface area contributed by atoms with Crippen molar-refractivity contribution in [3.8, 4) is 0 Å². The standard InChI is InChI=1S/C37H51N5O8/c1-25(2)30(22-43)39-34(45)31-19-13-21-42(31)35(46)32(26(3)4)41-33(44)29(40-37(48)50-24-28-16-9-6-10-17-28)18-11-12-20-38-36(47)49-23-27-14-7-5-8-15-27/h5-10,14-17,22,25-26,29-32H,11-13,18-21,23-24H2,1-4H3,(H,38,47)(H,39,45)(H,40,48)(H,41,44)/t29-,30+,31-,32-/m0/s1. The van der Waals surface area contributed by atoms with Crippen LogP contribution in [-0.2, 0) is 41.9 Å². The van der Waals surface area contributed by atoms with Gasteiger partial charge in [-0.15, -0.1) is 0 Å². The first-order valence-corrected chi connectivity index (χ1v) is 17.3. The molecule has 0 spiro atoms. The molecule has 0 aliphatic carbocycles. The lowest BCUT2D eigenvalue weighted by molar-refractivity contribution is -0.143. The SMILES string of the molecule is CC(C)[C@H](NC(=O)[C@H](CCCCNC(=O)OCc1ccccc1)NC(=O)OCc1ccccc1)C(=O)N1CCC[C@H]1C(=O)N[C@H](C=O)C(C)C. The zero-order valence-electron chi connectivity index (χ0n) is 29.4. The fraction of sp³-hybridized carbons (Fsp3) is 0.514. The number of likely N-dealkylation sites (tertiary alicyclic amines) is 1. The molecular formula is C37H51N5O8. The second-order valence-electron chi connectivity index (χ2n) is 13.1. The third kappa shape index (κ3) is 12.8. The van der Waals surface area contributed by atoms with Crippen LogP contribution in [0.25, 0.3) is 0 Å². The maximum absolute atomic E-state index is 13.8. The summed E-state index contributed by atoms with van der Waals surface area (Å²) in [4.78, 5) is 78.5. The van der Waals surface area contributed by atoms with Gasteiger partial charge in [0.15, 0.2) is 0 Å². The normalized spacial score (nSPS) is 15.8. The molecule has 0 bridgehead atoms. The van der Waals surface area contributed by atoms with Crippen LogP contribution in [-0.4, -0.2) is 78.4 Å². The second-order valence-corrected chi connectivity index (χ2v) is 13.1. The van der Waals surface area contributed by atoms with Gasteiger partial charge in [0.2, 0.25) is 17.7 Å². The fourth-order valence-electron chi connectivity index (χ4n) is 5.48. The Bertz CT molecular complexity index is 1410. The van der Waals surface area contributed by atoms with E-state index in [0.29, 0.717) is 38.5 Å². The summed E-state index contributed by atoms with van der Waals surface area (Å²) in [5.41, 5.74) is 1.64. The Balaban J connectivity index is 1.61. The number of benzene rings is 2. The highest BCUT2D eigenvalue weighted by Crippen LogP contribution is 2.21. The molecule has 1 aliphatic rings. The second kappa shape index (κ2) is 20.5. The Hall–Kier alpha value is -4.94. The summed E-state index contributed by atoms with van der Waals surface area (Å²) in [5, 5.41) is 10.9. The van der Waals surface area contributed by atoms with Gasteiger partial charge in [-0.1, -0.05) is 88.4 Å². The molecule has 5 amide bonds. The number of alkyl carbamates (subject to hydrolysis) is 2. The number of nitrogens with zero attached hydrogens (tertiary/aromatic N) is 1. The topological polar surface area (TPSA) is 172 Å². The van der Waals surface area contributed by atoms with Crippen LogP contribution in [0.2, 0.25) is 0 Å². The predicted octanol–water partition coefficient (Wildman–Crippen LogP) is 3.85. The number of carbonyl (C=O) groups is 6. The summed E-state index contributed by atoms with van der Waals surface area (Å²) in [6.45, 7) is 7.97. The van der Waals surface area contributed by atoms with Gasteiger partial charge in [-0.05, 0) is 55.1 Å². The van der Waals surface area contributed by atoms with E-state index in [1.165, 1.54) is 4.90 Å². The van der Waals surface area contributed by atoms with Crippen LogP contribution in [0, 0.1) is 11.8 Å². The van der Waals surface area contributed by atoms with Crippen molar-refractivity contribution < 1.29 is 38.2 Å². The molecular weight excluding hydrogens is 642 g/mol. The van der Waals surface area contributed by atoms with E-state index in [1.807, 2.05) is 74.5 Å². The summed E-state index contributed by atoms with van der Waals surface area (Å²) in [7, 11) is 0. The molecule has 13 nitrogen and oxygen atoms in total. The molecule has 13 heteroatoms. The molecule has 0 unspecified atom stereocenters. The lowest BCUT2D eigenvalue weighted by Gasteiger charge is -2.32. The Labute approximate surface area is 294 Å². The maximum Gasteiger partial charge on any atom is 0.408 e. The number of nitrogens with one attached hydrogen (secondary N) is 4. The van der Waals surface area contributed by atoms with Crippen molar-refractivity contribution in [2.75, 3.05) is 13.1 Å². The van der Waals surface area contributed by atoms with Gasteiger partial charge in [0, 0.05) is 13.1 Å². The van der Waals surface area contributed by atoms with E-state index in [9.17, 15) is 28.8 Å². The van der Waals surface area contributed by atoms with Gasteiger partial charge >= 0.3 is 12.2 Å². The van der Waals surface area contributed by atoms with Crippen molar-refractivity contribution in [3.63, 3.8) is 0 Å². The molecule has 272 valence electrons. The van der Waals surface area contributed by atoms with Crippen LogP contribution in [0.3, 0.4) is 0 Å². The highest BCUT2D eigenvalue weighted by atomic mass is 16.6. The van der Waals surface area contributed by atoms with Gasteiger partial charge in [0.25, 0.3) is 0 Å². The minimum Gasteiger partial charge on any atom is -0.445 e. The number of hydrogen-bond donors (Lipinski definition) is 4. The molecule has 1 fully saturated rings. The number of amides is 5. The minimum atomic E-state index is -1.05. The van der Waals surface area contributed by atoms with Gasteiger partial charge in [0.1, 0.15) is 37.6 Å². The van der Waals surface area contributed by atoms with Crippen LogP contribution in [0.4, 0.5) is 9.59 Å². The van der Waals surface area contributed by atoms with E-state index in [-0.39, 0.29) is 38.0 Å². The van der Waals surface area contributed by atoms with Crippen molar-refractivity contribution >= 4 is 36.2 Å². The van der Waals surface area contributed by atoms with Crippen molar-refractivity contribution in [3.05, 3.63) is 71.8 Å². The summed E-state index contributed by atoms with van der Waals surface area (Å²) in [6, 6.07) is 14.9. The lowest BCUT2D eigenvalue weighted by atomic mass is 10.0. The molecule has 2 aromatic carbocycles.